The lowest BCUT2D eigenvalue weighted by atomic mass is 10.0. The van der Waals surface area contributed by atoms with Crippen LogP contribution in [0.3, 0.4) is 0 Å². The predicted molar refractivity (Wildman–Crippen MR) is 91.5 cm³/mol. The number of hydrogen-bond acceptors (Lipinski definition) is 6. The molecular weight excluding hydrogens is 326 g/mol. The first-order valence-electron chi connectivity index (χ1n) is 8.16. The van der Waals surface area contributed by atoms with Gasteiger partial charge in [0.25, 0.3) is 5.56 Å². The largest absolute Gasteiger partial charge is 0.462 e. The Morgan fingerprint density at radius 1 is 1.36 bits per heavy atom. The molecule has 8 nitrogen and oxygen atoms in total. The molecule has 0 spiro atoms. The Morgan fingerprint density at radius 2 is 2.04 bits per heavy atom. The number of amides is 1. The molecule has 0 aliphatic heterocycles. The van der Waals surface area contributed by atoms with Crippen LogP contribution in [0.5, 0.6) is 0 Å². The van der Waals surface area contributed by atoms with Gasteiger partial charge in [0.15, 0.2) is 0 Å². The van der Waals surface area contributed by atoms with Gasteiger partial charge in [-0.25, -0.2) is 9.78 Å². The minimum atomic E-state index is -0.646. The van der Waals surface area contributed by atoms with E-state index < -0.39 is 11.5 Å². The number of carbonyl (C=O) groups is 2. The maximum absolute atomic E-state index is 12.7. The Bertz CT molecular complexity index is 863. The standard InChI is InChI=1S/C17H23N3O5/c1-6-17(4,5)19-11(21)8-20-9-18-14-13(15(20)22)12(10(3)25-14)16(23)24-7-2/h9H,6-8H2,1-5H3,(H,19,21). The van der Waals surface area contributed by atoms with Crippen molar-refractivity contribution < 1.29 is 18.7 Å². The summed E-state index contributed by atoms with van der Waals surface area (Å²) >= 11 is 0. The summed E-state index contributed by atoms with van der Waals surface area (Å²) in [7, 11) is 0. The van der Waals surface area contributed by atoms with Crippen molar-refractivity contribution in [2.24, 2.45) is 0 Å². The maximum atomic E-state index is 12.7. The molecule has 2 aromatic rings. The zero-order chi connectivity index (χ0) is 18.8. The van der Waals surface area contributed by atoms with Crippen molar-refractivity contribution in [3.05, 3.63) is 28.0 Å². The predicted octanol–water partition coefficient (Wildman–Crippen LogP) is 1.78. The van der Waals surface area contributed by atoms with E-state index in [2.05, 4.69) is 10.3 Å². The number of ether oxygens (including phenoxy) is 1. The Labute approximate surface area is 145 Å². The van der Waals surface area contributed by atoms with Gasteiger partial charge in [0.2, 0.25) is 11.6 Å². The molecule has 2 rings (SSSR count). The van der Waals surface area contributed by atoms with Gasteiger partial charge in [-0.15, -0.1) is 0 Å². The minimum Gasteiger partial charge on any atom is -0.462 e. The van der Waals surface area contributed by atoms with Crippen molar-refractivity contribution in [3.8, 4) is 0 Å². The quantitative estimate of drug-likeness (QED) is 0.797. The van der Waals surface area contributed by atoms with Crippen LogP contribution in [-0.2, 0) is 16.1 Å². The van der Waals surface area contributed by atoms with Crippen LogP contribution in [0, 0.1) is 6.92 Å². The summed E-state index contributed by atoms with van der Waals surface area (Å²) in [6, 6.07) is 0. The highest BCUT2D eigenvalue weighted by Gasteiger charge is 2.25. The molecule has 0 aliphatic rings. The second-order valence-corrected chi connectivity index (χ2v) is 6.40. The van der Waals surface area contributed by atoms with E-state index in [1.807, 2.05) is 20.8 Å². The fourth-order valence-corrected chi connectivity index (χ4v) is 2.36. The second-order valence-electron chi connectivity index (χ2n) is 6.40. The number of nitrogens with one attached hydrogen (secondary N) is 1. The molecule has 1 N–H and O–H groups in total. The van der Waals surface area contributed by atoms with Gasteiger partial charge in [-0.05, 0) is 34.1 Å². The molecule has 0 unspecified atom stereocenters. The molecule has 136 valence electrons. The Morgan fingerprint density at radius 3 is 2.64 bits per heavy atom. The first kappa shape index (κ1) is 18.7. The molecule has 0 saturated heterocycles. The number of aryl methyl sites for hydroxylation is 1. The van der Waals surface area contributed by atoms with E-state index in [-0.39, 0.29) is 47.0 Å². The van der Waals surface area contributed by atoms with Crippen LogP contribution in [-0.4, -0.2) is 33.6 Å². The van der Waals surface area contributed by atoms with Gasteiger partial charge in [-0.2, -0.15) is 0 Å². The van der Waals surface area contributed by atoms with Gasteiger partial charge in [0, 0.05) is 5.54 Å². The average molecular weight is 349 g/mol. The van der Waals surface area contributed by atoms with Gasteiger partial charge >= 0.3 is 5.97 Å². The summed E-state index contributed by atoms with van der Waals surface area (Å²) in [6.45, 7) is 8.96. The zero-order valence-electron chi connectivity index (χ0n) is 15.1. The summed E-state index contributed by atoms with van der Waals surface area (Å²) < 4.78 is 11.5. The van der Waals surface area contributed by atoms with Crippen LogP contribution in [0.25, 0.3) is 11.1 Å². The van der Waals surface area contributed by atoms with Crippen LogP contribution in [0.2, 0.25) is 0 Å². The normalized spacial score (nSPS) is 11.6. The zero-order valence-corrected chi connectivity index (χ0v) is 15.1. The molecule has 0 atom stereocenters. The van der Waals surface area contributed by atoms with Crippen molar-refractivity contribution in [1.82, 2.24) is 14.9 Å². The van der Waals surface area contributed by atoms with Gasteiger partial charge in [-0.1, -0.05) is 6.92 Å². The Kier molecular flexibility index (Phi) is 5.30. The number of aromatic nitrogens is 2. The number of carbonyl (C=O) groups excluding carboxylic acids is 2. The molecule has 0 aromatic carbocycles. The summed E-state index contributed by atoms with van der Waals surface area (Å²) in [4.78, 5) is 41.1. The number of rotatable bonds is 6. The Hall–Kier alpha value is -2.64. The van der Waals surface area contributed by atoms with E-state index in [0.29, 0.717) is 0 Å². The molecule has 0 bridgehead atoms. The van der Waals surface area contributed by atoms with Gasteiger partial charge in [0.05, 0.1) is 6.61 Å². The summed E-state index contributed by atoms with van der Waals surface area (Å²) in [5.41, 5.74) is -0.788. The van der Waals surface area contributed by atoms with E-state index >= 15 is 0 Å². The number of nitrogens with zero attached hydrogens (tertiary/aromatic N) is 2. The number of hydrogen-bond donors (Lipinski definition) is 1. The molecule has 1 amide bonds. The first-order chi connectivity index (χ1) is 11.7. The molecule has 8 heteroatoms. The topological polar surface area (TPSA) is 103 Å². The van der Waals surface area contributed by atoms with Gasteiger partial charge < -0.3 is 14.5 Å². The van der Waals surface area contributed by atoms with E-state index in [4.69, 9.17) is 9.15 Å². The lowest BCUT2D eigenvalue weighted by molar-refractivity contribution is -0.123. The van der Waals surface area contributed by atoms with E-state index in [9.17, 15) is 14.4 Å². The monoisotopic (exact) mass is 349 g/mol. The van der Waals surface area contributed by atoms with Crippen LogP contribution < -0.4 is 10.9 Å². The van der Waals surface area contributed by atoms with Crippen molar-refractivity contribution in [2.45, 2.75) is 53.1 Å². The Balaban J connectivity index is 2.42. The van der Waals surface area contributed by atoms with Crippen molar-refractivity contribution in [1.29, 1.82) is 0 Å². The number of fused-ring (bicyclic) bond motifs is 1. The molecule has 0 saturated carbocycles. The maximum Gasteiger partial charge on any atom is 0.342 e. The summed E-state index contributed by atoms with van der Waals surface area (Å²) in [5, 5.41) is 2.88. The molecule has 0 radical (unpaired) electrons. The van der Waals surface area contributed by atoms with E-state index in [1.54, 1.807) is 13.8 Å². The van der Waals surface area contributed by atoms with Gasteiger partial charge in [0.1, 0.15) is 29.6 Å². The lowest BCUT2D eigenvalue weighted by Crippen LogP contribution is -2.45. The fourth-order valence-electron chi connectivity index (χ4n) is 2.36. The first-order valence-corrected chi connectivity index (χ1v) is 8.16. The molecule has 0 fully saturated rings. The summed E-state index contributed by atoms with van der Waals surface area (Å²) in [5.74, 6) is -0.702. The van der Waals surface area contributed by atoms with Crippen molar-refractivity contribution >= 4 is 23.0 Å². The molecular formula is C17H23N3O5. The fraction of sp³-hybridized carbons (Fsp3) is 0.529. The molecule has 2 heterocycles. The third-order valence-electron chi connectivity index (χ3n) is 4.01. The molecule has 25 heavy (non-hydrogen) atoms. The third-order valence-corrected chi connectivity index (χ3v) is 4.01. The highest BCUT2D eigenvalue weighted by atomic mass is 16.5. The molecule has 2 aromatic heterocycles. The second kappa shape index (κ2) is 7.08. The van der Waals surface area contributed by atoms with E-state index in [0.717, 1.165) is 11.0 Å². The van der Waals surface area contributed by atoms with Crippen LogP contribution in [0.1, 0.15) is 50.2 Å². The number of furan rings is 1. The SMILES string of the molecule is CCOC(=O)c1c(C)oc2ncn(CC(=O)NC(C)(C)CC)c(=O)c12. The third kappa shape index (κ3) is 3.89. The van der Waals surface area contributed by atoms with Gasteiger partial charge in [-0.3, -0.25) is 14.2 Å². The van der Waals surface area contributed by atoms with Crippen molar-refractivity contribution in [3.63, 3.8) is 0 Å². The summed E-state index contributed by atoms with van der Waals surface area (Å²) in [6.07, 6.45) is 1.99. The minimum absolute atomic E-state index is 0.0287. The number of esters is 1. The van der Waals surface area contributed by atoms with E-state index in [1.165, 1.54) is 6.33 Å². The highest BCUT2D eigenvalue weighted by molar-refractivity contribution is 6.03. The molecule has 0 aliphatic carbocycles. The van der Waals surface area contributed by atoms with Crippen molar-refractivity contribution in [2.75, 3.05) is 6.61 Å². The lowest BCUT2D eigenvalue weighted by Gasteiger charge is -2.24. The van der Waals surface area contributed by atoms with Crippen LogP contribution in [0.15, 0.2) is 15.5 Å². The smallest absolute Gasteiger partial charge is 0.342 e. The van der Waals surface area contributed by atoms with Crippen LogP contribution in [0.4, 0.5) is 0 Å². The average Bonchev–Trinajstić information content (AvgIpc) is 2.87. The van der Waals surface area contributed by atoms with Crippen LogP contribution >= 0.6 is 0 Å². The highest BCUT2D eigenvalue weighted by Crippen LogP contribution is 2.21.